The molecule has 0 amide bonds. The van der Waals surface area contributed by atoms with Crippen LogP contribution in [-0.2, 0) is 33.3 Å². The molecule has 9 atom stereocenters. The van der Waals surface area contributed by atoms with Crippen molar-refractivity contribution in [2.75, 3.05) is 13.2 Å². The van der Waals surface area contributed by atoms with E-state index in [0.717, 1.165) is 12.8 Å². The smallest absolute Gasteiger partial charge is 0.358 e. The van der Waals surface area contributed by atoms with Gasteiger partial charge in [-0.2, -0.15) is 0 Å². The maximum atomic E-state index is 12.2. The summed E-state index contributed by atoms with van der Waals surface area (Å²) in [4.78, 5) is 24.1. The van der Waals surface area contributed by atoms with E-state index >= 15 is 0 Å². The third-order valence-corrected chi connectivity index (χ3v) is 9.41. The number of fused-ring (bicyclic) bond motifs is 2. The number of benzene rings is 1. The zero-order valence-electron chi connectivity index (χ0n) is 25.9. The number of hydrogen-bond donors (Lipinski definition) is 0. The van der Waals surface area contributed by atoms with Crippen LogP contribution in [0.25, 0.3) is 0 Å². The van der Waals surface area contributed by atoms with Crippen molar-refractivity contribution in [1.82, 2.24) is 0 Å². The Kier molecular flexibility index (Phi) is 11.7. The van der Waals surface area contributed by atoms with Gasteiger partial charge in [-0.3, -0.25) is 4.79 Å². The van der Waals surface area contributed by atoms with E-state index in [-0.39, 0.29) is 53.5 Å². The van der Waals surface area contributed by atoms with Crippen molar-refractivity contribution < 1.29 is 38.0 Å². The molecule has 0 N–H and O–H groups in total. The van der Waals surface area contributed by atoms with Crippen LogP contribution < -0.4 is 4.74 Å². The molecule has 1 aliphatic carbocycles. The average molecular weight is 601 g/mol. The summed E-state index contributed by atoms with van der Waals surface area (Å²) in [6.07, 6.45) is 1.56. The predicted molar refractivity (Wildman–Crippen MR) is 164 cm³/mol. The van der Waals surface area contributed by atoms with Crippen LogP contribution in [-0.4, -0.2) is 67.6 Å². The molecular weight excluding hydrogens is 555 g/mol. The number of para-hydroxylation sites is 1. The third kappa shape index (κ3) is 6.55. The van der Waals surface area contributed by atoms with Gasteiger partial charge in [0, 0.05) is 24.1 Å². The van der Waals surface area contributed by atoms with Crippen molar-refractivity contribution in [3.63, 3.8) is 0 Å². The van der Waals surface area contributed by atoms with Crippen molar-refractivity contribution in [3.8, 4) is 5.75 Å². The number of carbonyl (C=O) groups is 2. The van der Waals surface area contributed by atoms with E-state index in [9.17, 15) is 9.59 Å². The summed E-state index contributed by atoms with van der Waals surface area (Å²) in [5, 5.41) is 0.0251. The minimum atomic E-state index is -0.849. The lowest BCUT2D eigenvalue weighted by Crippen LogP contribution is -2.45. The van der Waals surface area contributed by atoms with E-state index in [2.05, 4.69) is 20.4 Å². The molecule has 1 aromatic carbocycles. The van der Waals surface area contributed by atoms with Gasteiger partial charge in [0.1, 0.15) is 25.3 Å². The summed E-state index contributed by atoms with van der Waals surface area (Å²) in [6, 6.07) is 8.99. The second-order valence-electron chi connectivity index (χ2n) is 11.2. The molecule has 0 aromatic heterocycles. The summed E-state index contributed by atoms with van der Waals surface area (Å²) in [5.74, 6) is 0.405. The van der Waals surface area contributed by atoms with Crippen LogP contribution in [0.2, 0.25) is 0 Å². The topological polar surface area (TPSA) is 89.5 Å². The van der Waals surface area contributed by atoms with Crippen LogP contribution in [0.15, 0.2) is 42.5 Å². The van der Waals surface area contributed by atoms with Crippen LogP contribution >= 0.6 is 12.2 Å². The Morgan fingerprint density at radius 3 is 2.19 bits per heavy atom. The first-order chi connectivity index (χ1) is 19.9. The number of carbonyl (C=O) groups excluding carboxylic acids is 2. The largest absolute Gasteiger partial charge is 0.466 e. The lowest BCUT2D eigenvalue weighted by molar-refractivity contribution is -0.165. The first kappa shape index (κ1) is 34.1. The van der Waals surface area contributed by atoms with E-state index in [1.165, 1.54) is 0 Å². The fourth-order valence-corrected chi connectivity index (χ4v) is 7.15. The first-order valence-corrected chi connectivity index (χ1v) is 15.4. The molecule has 8 nitrogen and oxygen atoms in total. The van der Waals surface area contributed by atoms with Gasteiger partial charge in [-0.05, 0) is 64.0 Å². The molecule has 10 heteroatoms. The van der Waals surface area contributed by atoms with Crippen LogP contribution in [0.1, 0.15) is 67.7 Å². The van der Waals surface area contributed by atoms with Gasteiger partial charge in [-0.15, -0.1) is 0 Å². The van der Waals surface area contributed by atoms with E-state index in [1.54, 1.807) is 19.1 Å². The average Bonchev–Trinajstić information content (AvgIpc) is 3.50. The van der Waals surface area contributed by atoms with E-state index < -0.39 is 11.6 Å². The van der Waals surface area contributed by atoms with Crippen molar-refractivity contribution in [3.05, 3.63) is 42.5 Å². The summed E-state index contributed by atoms with van der Waals surface area (Å²) in [5.41, 5.74) is -0.920. The summed E-state index contributed by atoms with van der Waals surface area (Å²) in [6.45, 7) is 18.3. The first-order valence-electron chi connectivity index (χ1n) is 15.0. The lowest BCUT2D eigenvalue weighted by Gasteiger charge is -2.36. The Bertz CT molecular complexity index is 1110. The maximum absolute atomic E-state index is 12.2. The van der Waals surface area contributed by atoms with Gasteiger partial charge in [0.05, 0.1) is 36.4 Å². The molecule has 4 rings (SSSR count). The molecule has 2 aliphatic heterocycles. The summed E-state index contributed by atoms with van der Waals surface area (Å²) in [7, 11) is 5.93. The molecular formula is C32H45BO8S. The van der Waals surface area contributed by atoms with E-state index in [4.69, 9.17) is 48.5 Å². The molecule has 2 bridgehead atoms. The highest BCUT2D eigenvalue weighted by Crippen LogP contribution is 2.57. The molecule has 2 saturated heterocycles. The highest BCUT2D eigenvalue weighted by atomic mass is 32.1. The molecule has 2 radical (unpaired) electrons. The highest BCUT2D eigenvalue weighted by molar-refractivity contribution is 7.79. The Hall–Kier alpha value is -2.43. The Morgan fingerprint density at radius 2 is 1.64 bits per heavy atom. The van der Waals surface area contributed by atoms with Gasteiger partial charge in [0.25, 0.3) is 0 Å². The van der Waals surface area contributed by atoms with E-state index in [1.807, 2.05) is 45.9 Å². The van der Waals surface area contributed by atoms with Crippen LogP contribution in [0.4, 0.5) is 0 Å². The molecule has 0 spiro atoms. The zero-order chi connectivity index (χ0) is 31.2. The minimum Gasteiger partial charge on any atom is -0.466 e. The van der Waals surface area contributed by atoms with Crippen molar-refractivity contribution in [2.45, 2.75) is 97.1 Å². The number of rotatable bonds is 9. The number of esters is 2. The second-order valence-corrected chi connectivity index (χ2v) is 11.5. The molecule has 42 heavy (non-hydrogen) atoms. The van der Waals surface area contributed by atoms with Gasteiger partial charge in [-0.1, -0.05) is 52.5 Å². The van der Waals surface area contributed by atoms with Crippen molar-refractivity contribution in [2.24, 2.45) is 23.7 Å². The summed E-state index contributed by atoms with van der Waals surface area (Å²) >= 11 is 5.23. The fourth-order valence-electron chi connectivity index (χ4n) is 6.95. The standard InChI is InChI=1S/C20H26O5S.C12H19BO3/c1-6-20(14(4)18(21)22-7-2)13(3)17(15(5)25-20)24-19(26)23-16-11-9-8-10-12-16;1-4-12-7(3)8(10(13)16-12)6-9(12)11(14)15-5-2/h8-13,15,17H,4,6-7H2,1-3,5H3;7-10H,4-6H2,1-3H3/t13-,15+,17-,20+;7-,8+,9?,10-,12+/m11/s1. The van der Waals surface area contributed by atoms with Gasteiger partial charge in [0.15, 0.2) is 0 Å². The molecule has 3 fully saturated rings. The Morgan fingerprint density at radius 1 is 1.00 bits per heavy atom. The molecule has 1 aromatic rings. The molecule has 3 aliphatic rings. The monoisotopic (exact) mass is 600 g/mol. The summed E-state index contributed by atoms with van der Waals surface area (Å²) < 4.78 is 33.7. The molecule has 1 saturated carbocycles. The van der Waals surface area contributed by atoms with Crippen LogP contribution in [0, 0.1) is 23.7 Å². The van der Waals surface area contributed by atoms with E-state index in [0.29, 0.717) is 36.2 Å². The van der Waals surface area contributed by atoms with Gasteiger partial charge >= 0.3 is 17.2 Å². The zero-order valence-corrected chi connectivity index (χ0v) is 26.7. The molecule has 1 unspecified atom stereocenters. The normalized spacial score (nSPS) is 34.6. The maximum Gasteiger partial charge on any atom is 0.358 e. The van der Waals surface area contributed by atoms with Gasteiger partial charge in [0.2, 0.25) is 0 Å². The van der Waals surface area contributed by atoms with Crippen molar-refractivity contribution >= 4 is 37.2 Å². The quantitative estimate of drug-likeness (QED) is 0.157. The number of thiocarbonyl (C=S) groups is 1. The van der Waals surface area contributed by atoms with Gasteiger partial charge in [-0.25, -0.2) is 4.79 Å². The molecule has 230 valence electrons. The lowest BCUT2D eigenvalue weighted by atomic mass is 9.79. The number of ether oxygens (including phenoxy) is 6. The second kappa shape index (κ2) is 14.4. The van der Waals surface area contributed by atoms with Crippen LogP contribution in [0.3, 0.4) is 0 Å². The Labute approximate surface area is 257 Å². The highest BCUT2D eigenvalue weighted by Gasteiger charge is 2.63. The SMILES string of the molecule is C=C(C(=O)OCC)[C@@]1(CC)O[C@@H](C)[C@H](OC(=S)Oc2ccccc2)[C@H]1C.[B][C@@H]1O[C@]2(CC)C(C(=O)OCC)C[C@H]1[C@H]2C. The van der Waals surface area contributed by atoms with Gasteiger partial charge < -0.3 is 28.4 Å². The predicted octanol–water partition coefficient (Wildman–Crippen LogP) is 5.55. The Balaban J connectivity index is 0.000000258. The van der Waals surface area contributed by atoms with Crippen molar-refractivity contribution in [1.29, 1.82) is 0 Å². The fraction of sp³-hybridized carbons (Fsp3) is 0.656. The minimum absolute atomic E-state index is 0.0251. The number of hydrogen-bond acceptors (Lipinski definition) is 9. The third-order valence-electron chi connectivity index (χ3n) is 9.23. The van der Waals surface area contributed by atoms with Crippen LogP contribution in [0.5, 0.6) is 5.75 Å². The molecule has 2 heterocycles.